The van der Waals surface area contributed by atoms with Gasteiger partial charge < -0.3 is 19.3 Å². The van der Waals surface area contributed by atoms with E-state index >= 15 is 0 Å². The first kappa shape index (κ1) is 21.3. The van der Waals surface area contributed by atoms with Crippen molar-refractivity contribution < 1.29 is 28.9 Å². The molecule has 0 spiro atoms. The molecule has 2 aromatic rings. The van der Waals surface area contributed by atoms with E-state index in [-0.39, 0.29) is 28.2 Å². The first-order valence-electron chi connectivity index (χ1n) is 8.96. The van der Waals surface area contributed by atoms with Gasteiger partial charge in [0.2, 0.25) is 0 Å². The molecule has 158 valence electrons. The second-order valence-corrected chi connectivity index (χ2v) is 7.27. The summed E-state index contributed by atoms with van der Waals surface area (Å²) in [5, 5.41) is 9.95. The number of hydrogen-bond donors (Lipinski definition) is 1. The third kappa shape index (κ3) is 3.73. The van der Waals surface area contributed by atoms with Gasteiger partial charge in [0.05, 0.1) is 38.1 Å². The van der Waals surface area contributed by atoms with Crippen molar-refractivity contribution in [1.82, 2.24) is 4.57 Å². The molecule has 1 aromatic heterocycles. The number of allylic oxidation sites excluding steroid dienone is 1. The van der Waals surface area contributed by atoms with Gasteiger partial charge in [-0.15, -0.1) is 0 Å². The lowest BCUT2D eigenvalue weighted by Gasteiger charge is -2.25. The first-order chi connectivity index (χ1) is 14.3. The van der Waals surface area contributed by atoms with Crippen LogP contribution in [0, 0.1) is 0 Å². The van der Waals surface area contributed by atoms with Crippen molar-refractivity contribution in [1.29, 1.82) is 0 Å². The van der Waals surface area contributed by atoms with Crippen molar-refractivity contribution in [3.8, 4) is 11.5 Å². The van der Waals surface area contributed by atoms with E-state index in [1.165, 1.54) is 30.9 Å². The van der Waals surface area contributed by atoms with Crippen LogP contribution < -0.4 is 19.6 Å². The van der Waals surface area contributed by atoms with Gasteiger partial charge in [-0.05, 0) is 31.5 Å². The number of nitrogens with zero attached hydrogens (tertiary/aromatic N) is 2. The number of carbonyl (C=O) groups excluding carboxylic acids is 2. The lowest BCUT2D eigenvalue weighted by Crippen LogP contribution is -2.40. The smallest absolute Gasteiger partial charge is 0.338 e. The highest BCUT2D eigenvalue weighted by Gasteiger charge is 2.33. The van der Waals surface area contributed by atoms with E-state index in [0.717, 1.165) is 17.4 Å². The predicted octanol–water partition coefficient (Wildman–Crippen LogP) is 0.637. The van der Waals surface area contributed by atoms with Gasteiger partial charge in [0.1, 0.15) is 4.53 Å². The van der Waals surface area contributed by atoms with Crippen LogP contribution in [0.2, 0.25) is 0 Å². The van der Waals surface area contributed by atoms with Crippen molar-refractivity contribution in [3.05, 3.63) is 54.7 Å². The number of hydrogen-bond acceptors (Lipinski definition) is 9. The summed E-state index contributed by atoms with van der Waals surface area (Å²) >= 11 is 1.01. The molecule has 2 heterocycles. The highest BCUT2D eigenvalue weighted by atomic mass is 32.1. The fourth-order valence-corrected chi connectivity index (χ4v) is 4.14. The molecule has 1 N–H and O–H groups in total. The van der Waals surface area contributed by atoms with Gasteiger partial charge in [0.25, 0.3) is 5.56 Å². The Morgan fingerprint density at radius 3 is 2.70 bits per heavy atom. The second-order valence-electron chi connectivity index (χ2n) is 6.26. The van der Waals surface area contributed by atoms with Crippen molar-refractivity contribution in [2.24, 2.45) is 4.99 Å². The summed E-state index contributed by atoms with van der Waals surface area (Å²) < 4.78 is 16.4. The van der Waals surface area contributed by atoms with Gasteiger partial charge in [-0.25, -0.2) is 14.6 Å². The fraction of sp³-hybridized carbons (Fsp3) is 0.300. The number of thiazole rings is 1. The van der Waals surface area contributed by atoms with E-state index in [1.54, 1.807) is 19.9 Å². The Bertz CT molecular complexity index is 1220. The maximum Gasteiger partial charge on any atom is 0.338 e. The third-order valence-corrected chi connectivity index (χ3v) is 5.47. The summed E-state index contributed by atoms with van der Waals surface area (Å²) in [6.45, 7) is 3.47. The predicted molar refractivity (Wildman–Crippen MR) is 108 cm³/mol. The minimum Gasteiger partial charge on any atom is -0.504 e. The van der Waals surface area contributed by atoms with Crippen LogP contribution in [-0.4, -0.2) is 42.4 Å². The number of aromatic nitrogens is 1. The molecular formula is C20H20N2O7S. The van der Waals surface area contributed by atoms with Crippen LogP contribution in [0.25, 0.3) is 6.08 Å². The number of benzene rings is 1. The van der Waals surface area contributed by atoms with E-state index in [1.807, 2.05) is 0 Å². The zero-order chi connectivity index (χ0) is 22.0. The zero-order valence-corrected chi connectivity index (χ0v) is 17.6. The quantitative estimate of drug-likeness (QED) is 0.689. The van der Waals surface area contributed by atoms with E-state index < -0.39 is 23.5 Å². The number of phenols is 1. The molecule has 0 radical (unpaired) electrons. The summed E-state index contributed by atoms with van der Waals surface area (Å²) in [7, 11) is 2.61. The topological polar surface area (TPSA) is 116 Å². The van der Waals surface area contributed by atoms with E-state index in [4.69, 9.17) is 9.47 Å². The van der Waals surface area contributed by atoms with E-state index in [0.29, 0.717) is 16.1 Å². The van der Waals surface area contributed by atoms with Gasteiger partial charge in [0, 0.05) is 6.08 Å². The van der Waals surface area contributed by atoms with Crippen molar-refractivity contribution >= 4 is 29.4 Å². The zero-order valence-electron chi connectivity index (χ0n) is 16.8. The average Bonchev–Trinajstić information content (AvgIpc) is 3.02. The summed E-state index contributed by atoms with van der Waals surface area (Å²) in [5.41, 5.74) is 0.571. The first-order valence-corrected chi connectivity index (χ1v) is 9.78. The summed E-state index contributed by atoms with van der Waals surface area (Å²) in [6, 6.07) is 3.65. The van der Waals surface area contributed by atoms with Crippen molar-refractivity contribution in [2.45, 2.75) is 19.9 Å². The molecule has 0 amide bonds. The molecule has 0 aliphatic carbocycles. The number of rotatable bonds is 5. The maximum absolute atomic E-state index is 13.1. The Morgan fingerprint density at radius 2 is 2.07 bits per heavy atom. The summed E-state index contributed by atoms with van der Waals surface area (Å²) in [4.78, 5) is 42.2. The lowest BCUT2D eigenvalue weighted by atomic mass is 9.95. The van der Waals surface area contributed by atoms with E-state index in [9.17, 15) is 19.5 Å². The molecule has 1 aliphatic rings. The molecule has 0 bridgehead atoms. The van der Waals surface area contributed by atoms with Crippen LogP contribution in [0.5, 0.6) is 11.5 Å². The Morgan fingerprint density at radius 1 is 1.33 bits per heavy atom. The molecule has 30 heavy (non-hydrogen) atoms. The Labute approximate surface area is 175 Å². The highest BCUT2D eigenvalue weighted by molar-refractivity contribution is 7.07. The number of methoxy groups -OCH3 is 2. The standard InChI is InChI=1S/C20H20N2O7S/c1-5-29-19(26)16-10(2)21-20-22(18(25)14(30-20)9-15(24)28-4)17(16)11-6-7-12(23)13(8-11)27-3/h6-9,17,23H,5H2,1-4H3. The third-order valence-electron chi connectivity index (χ3n) is 4.49. The Balaban J connectivity index is 2.33. The maximum atomic E-state index is 13.1. The summed E-state index contributed by atoms with van der Waals surface area (Å²) in [5.74, 6) is -1.19. The monoisotopic (exact) mass is 432 g/mol. The largest absolute Gasteiger partial charge is 0.504 e. The van der Waals surface area contributed by atoms with Crippen molar-refractivity contribution in [3.63, 3.8) is 0 Å². The number of ether oxygens (including phenoxy) is 3. The van der Waals surface area contributed by atoms with Gasteiger partial charge in [-0.3, -0.25) is 9.36 Å². The molecule has 1 atom stereocenters. The van der Waals surface area contributed by atoms with Crippen LogP contribution in [-0.2, 0) is 19.1 Å². The SMILES string of the molecule is CCOC(=O)C1=C(C)N=c2sc(=CC(=O)OC)c(=O)n2C1c1ccc(O)c(OC)c1. The molecule has 1 aliphatic heterocycles. The van der Waals surface area contributed by atoms with Gasteiger partial charge in [-0.1, -0.05) is 17.4 Å². The number of aromatic hydroxyl groups is 1. The Hall–Kier alpha value is -3.40. The minimum absolute atomic E-state index is 0.0854. The molecule has 0 saturated heterocycles. The second kappa shape index (κ2) is 8.54. The minimum atomic E-state index is -0.880. The van der Waals surface area contributed by atoms with Gasteiger partial charge in [0.15, 0.2) is 16.3 Å². The summed E-state index contributed by atoms with van der Waals surface area (Å²) in [6.07, 6.45) is 1.08. The van der Waals surface area contributed by atoms with Crippen LogP contribution >= 0.6 is 11.3 Å². The number of phenolic OH excluding ortho intramolecular Hbond substituents is 1. The molecule has 0 saturated carbocycles. The Kier molecular flexibility index (Phi) is 6.06. The van der Waals surface area contributed by atoms with Crippen LogP contribution in [0.3, 0.4) is 0 Å². The van der Waals surface area contributed by atoms with Crippen LogP contribution in [0.15, 0.2) is 39.3 Å². The van der Waals surface area contributed by atoms with Gasteiger partial charge >= 0.3 is 11.9 Å². The normalized spacial score (nSPS) is 16.0. The highest BCUT2D eigenvalue weighted by Crippen LogP contribution is 2.35. The number of fused-ring (bicyclic) bond motifs is 1. The molecule has 3 rings (SSSR count). The average molecular weight is 432 g/mol. The van der Waals surface area contributed by atoms with Crippen LogP contribution in [0.1, 0.15) is 25.5 Å². The van der Waals surface area contributed by atoms with Gasteiger partial charge in [-0.2, -0.15) is 0 Å². The molecular weight excluding hydrogens is 412 g/mol. The molecule has 1 unspecified atom stereocenters. The number of esters is 2. The molecule has 0 fully saturated rings. The van der Waals surface area contributed by atoms with Crippen molar-refractivity contribution in [2.75, 3.05) is 20.8 Å². The molecule has 1 aromatic carbocycles. The number of carbonyl (C=O) groups is 2. The lowest BCUT2D eigenvalue weighted by molar-refractivity contribution is -0.139. The van der Waals surface area contributed by atoms with Crippen LogP contribution in [0.4, 0.5) is 0 Å². The van der Waals surface area contributed by atoms with E-state index in [2.05, 4.69) is 9.73 Å². The molecule has 9 nitrogen and oxygen atoms in total. The fourth-order valence-electron chi connectivity index (χ4n) is 3.14. The molecule has 10 heteroatoms.